The Morgan fingerprint density at radius 1 is 0.383 bits per heavy atom. The van der Waals surface area contributed by atoms with Gasteiger partial charge in [-0.1, -0.05) is 274 Å². The third kappa shape index (κ3) is 20.1. The van der Waals surface area contributed by atoms with Crippen molar-refractivity contribution in [2.45, 2.75) is 364 Å². The second-order valence-corrected chi connectivity index (χ2v) is 37.0. The average molecular weight is 1360 g/mol. The van der Waals surface area contributed by atoms with E-state index in [1.54, 1.807) is 31.3 Å². The van der Waals surface area contributed by atoms with Crippen LogP contribution in [0.15, 0.2) is 36.4 Å². The Morgan fingerprint density at radius 2 is 0.830 bits per heavy atom. The van der Waals surface area contributed by atoms with Gasteiger partial charge in [-0.25, -0.2) is 0 Å². The van der Waals surface area contributed by atoms with Crippen LogP contribution in [0.1, 0.15) is 368 Å². The van der Waals surface area contributed by atoms with Gasteiger partial charge in [0.1, 0.15) is 11.6 Å². The van der Waals surface area contributed by atoms with Gasteiger partial charge in [-0.15, -0.1) is 45.3 Å². The molecule has 4 fully saturated rings. The molecule has 0 spiro atoms. The number of hydrogen-bond donors (Lipinski definition) is 0. The third-order valence-corrected chi connectivity index (χ3v) is 30.4. The van der Waals surface area contributed by atoms with Crippen LogP contribution in [0.4, 0.5) is 0 Å². The van der Waals surface area contributed by atoms with Crippen molar-refractivity contribution in [2.24, 2.45) is 71.0 Å². The van der Waals surface area contributed by atoms with E-state index in [0.717, 1.165) is 31.1 Å². The van der Waals surface area contributed by atoms with Gasteiger partial charge in [0.2, 0.25) is 0 Å². The molecule has 0 bridgehead atoms. The summed E-state index contributed by atoms with van der Waals surface area (Å²) in [6.07, 6.45) is 57.8. The van der Waals surface area contributed by atoms with Crippen LogP contribution in [-0.4, -0.2) is 11.6 Å². The second-order valence-electron chi connectivity index (χ2n) is 32.3. The lowest BCUT2D eigenvalue weighted by molar-refractivity contribution is -0.136. The minimum absolute atomic E-state index is 0.00341. The maximum absolute atomic E-state index is 15.7. The number of carbonyl (C=O) groups is 2. The van der Waals surface area contributed by atoms with Gasteiger partial charge in [-0.05, 0) is 196 Å². The number of fused-ring (bicyclic) bond motifs is 5. The summed E-state index contributed by atoms with van der Waals surface area (Å²) < 4.78 is 3.19. The van der Waals surface area contributed by atoms with Crippen LogP contribution in [0.5, 0.6) is 0 Å². The van der Waals surface area contributed by atoms with E-state index in [1.165, 1.54) is 293 Å². The summed E-state index contributed by atoms with van der Waals surface area (Å²) in [4.78, 5) is 39.7. The largest absolute Gasteiger partial charge is 0.299 e. The summed E-state index contributed by atoms with van der Waals surface area (Å²) in [6.45, 7) is 23.7. The van der Waals surface area contributed by atoms with Crippen LogP contribution in [0.3, 0.4) is 0 Å². The van der Waals surface area contributed by atoms with Crippen molar-refractivity contribution in [1.29, 1.82) is 0 Å². The highest BCUT2D eigenvalue weighted by molar-refractivity contribution is 7.26. The Kier molecular flexibility index (Phi) is 32.2. The minimum atomic E-state index is 0.00341. The van der Waals surface area contributed by atoms with Crippen LogP contribution in [-0.2, 0) is 22.4 Å². The molecular formula is C88H138O2S4. The Bertz CT molecular complexity index is 2890. The predicted octanol–water partition coefficient (Wildman–Crippen LogP) is 29.6. The predicted molar refractivity (Wildman–Crippen MR) is 418 cm³/mol. The first kappa shape index (κ1) is 76.1. The Morgan fingerprint density at radius 3 is 1.37 bits per heavy atom. The first-order valence-electron chi connectivity index (χ1n) is 41.2. The molecule has 526 valence electrons. The molecule has 14 unspecified atom stereocenters. The smallest absolute Gasteiger partial charge is 0.144 e. The van der Waals surface area contributed by atoms with Gasteiger partial charge in [0.15, 0.2) is 0 Å². The zero-order chi connectivity index (χ0) is 66.3. The van der Waals surface area contributed by atoms with Gasteiger partial charge in [-0.2, -0.15) is 0 Å². The molecule has 4 aromatic heterocycles. The molecule has 5 aromatic rings. The fourth-order valence-corrected chi connectivity index (χ4v) is 24.7. The van der Waals surface area contributed by atoms with Crippen molar-refractivity contribution in [2.75, 3.05) is 0 Å². The maximum atomic E-state index is 15.7. The van der Waals surface area contributed by atoms with Crippen molar-refractivity contribution in [1.82, 2.24) is 0 Å². The van der Waals surface area contributed by atoms with E-state index in [2.05, 4.69) is 128 Å². The summed E-state index contributed by atoms with van der Waals surface area (Å²) in [6, 6.07) is 14.8. The molecule has 6 heteroatoms. The Balaban J connectivity index is 1.03. The van der Waals surface area contributed by atoms with Crippen molar-refractivity contribution < 1.29 is 9.59 Å². The minimum Gasteiger partial charge on any atom is -0.299 e. The third-order valence-electron chi connectivity index (χ3n) is 25.6. The lowest BCUT2D eigenvalue weighted by atomic mass is 9.49. The zero-order valence-electron chi connectivity index (χ0n) is 62.1. The number of aryl methyl sites for hydroxylation is 4. The number of Topliss-reactive ketones (excluding diaryl/α,β-unsaturated/α-hetero) is 2. The number of benzene rings is 1. The van der Waals surface area contributed by atoms with Gasteiger partial charge in [-0.3, -0.25) is 9.59 Å². The molecule has 4 aliphatic rings. The van der Waals surface area contributed by atoms with E-state index in [4.69, 9.17) is 0 Å². The summed E-state index contributed by atoms with van der Waals surface area (Å²) in [5.41, 5.74) is 3.31. The average Bonchev–Trinajstić information content (AvgIpc) is 1.53. The van der Waals surface area contributed by atoms with Gasteiger partial charge in [0.05, 0.1) is 11.8 Å². The molecule has 0 radical (unpaired) electrons. The molecule has 2 nitrogen and oxygen atoms in total. The van der Waals surface area contributed by atoms with E-state index in [-0.39, 0.29) is 23.7 Å². The number of hydrogen-bond acceptors (Lipinski definition) is 6. The second kappa shape index (κ2) is 39.8. The molecule has 4 heterocycles. The van der Waals surface area contributed by atoms with E-state index in [9.17, 15) is 0 Å². The number of rotatable bonds is 47. The monoisotopic (exact) mass is 1350 g/mol. The molecule has 0 aliphatic heterocycles. The molecule has 9 rings (SSSR count). The summed E-state index contributed by atoms with van der Waals surface area (Å²) >= 11 is 8.12. The normalized spacial score (nSPS) is 24.2. The van der Waals surface area contributed by atoms with Crippen LogP contribution >= 0.6 is 45.3 Å². The fraction of sp³-hybridized carbons (Fsp3) is 0.773. The van der Waals surface area contributed by atoms with Gasteiger partial charge < -0.3 is 0 Å². The number of carbonyl (C=O) groups excluding carboxylic acids is 2. The molecule has 0 saturated heterocycles. The van der Waals surface area contributed by atoms with E-state index in [0.29, 0.717) is 58.9 Å². The molecule has 4 saturated carbocycles. The number of ketones is 2. The van der Waals surface area contributed by atoms with Crippen LogP contribution in [0.25, 0.3) is 29.9 Å². The van der Waals surface area contributed by atoms with Crippen molar-refractivity contribution in [3.63, 3.8) is 0 Å². The molecule has 94 heavy (non-hydrogen) atoms. The Labute approximate surface area is 593 Å². The molecule has 0 amide bonds. The lowest BCUT2D eigenvalue weighted by Gasteiger charge is -2.55. The lowest BCUT2D eigenvalue weighted by Crippen LogP contribution is -2.51. The van der Waals surface area contributed by atoms with E-state index >= 15 is 9.59 Å². The molecule has 0 N–H and O–H groups in total. The summed E-state index contributed by atoms with van der Waals surface area (Å²) in [7, 11) is 0. The first-order valence-corrected chi connectivity index (χ1v) is 44.4. The number of thiophene rings is 4. The first-order chi connectivity index (χ1) is 46.0. The van der Waals surface area contributed by atoms with Gasteiger partial charge in [0, 0.05) is 50.5 Å². The highest BCUT2D eigenvalue weighted by atomic mass is 32.1. The van der Waals surface area contributed by atoms with E-state index < -0.39 is 0 Å². The van der Waals surface area contributed by atoms with Crippen molar-refractivity contribution in [3.05, 3.63) is 67.0 Å². The molecular weight excluding hydrogens is 1220 g/mol. The molecule has 1 aromatic carbocycles. The topological polar surface area (TPSA) is 34.1 Å². The van der Waals surface area contributed by atoms with E-state index in [1.807, 2.05) is 22.7 Å². The molecule has 4 aliphatic carbocycles. The van der Waals surface area contributed by atoms with Crippen LogP contribution in [0, 0.1) is 84.9 Å². The number of unbranched alkanes of at least 4 members (excludes halogenated alkanes) is 20. The zero-order valence-corrected chi connectivity index (χ0v) is 65.4. The van der Waals surface area contributed by atoms with Gasteiger partial charge >= 0.3 is 0 Å². The summed E-state index contributed by atoms with van der Waals surface area (Å²) in [5.74, 6) is 7.60. The van der Waals surface area contributed by atoms with Crippen LogP contribution in [0.2, 0.25) is 0 Å². The van der Waals surface area contributed by atoms with Crippen LogP contribution < -0.4 is 0 Å². The quantitative estimate of drug-likeness (QED) is 0.0364. The fourth-order valence-electron chi connectivity index (χ4n) is 20.1. The standard InChI is InChI=1S/C88H138O2S4/c1-11-19-25-29-31-37-43-65(41-33-23-15-5)46-48-68-76-53-62(10)92-87(76)69(49-47-66(42-34-24-16-6)44-38-32-30-26-20-12-2)77-60-83(94-88(68)77)82-52-51-81(93-82)78-57-67-56-72-73(58-70(67)85(78)89)71(54-63(17-7)39-35-27-21-13-3)75-59-79(80-50-45-61(9)91-80)86(90)84(75)74(72)55-64(18-8)40-36-28-22-14-4/h45,50-53,60,63-67,70-75,78-79,84H,11-44,46-49,54-59H2,1-10H3. The highest BCUT2D eigenvalue weighted by Crippen LogP contribution is 2.65. The maximum Gasteiger partial charge on any atom is 0.144 e. The van der Waals surface area contributed by atoms with Crippen molar-refractivity contribution in [3.8, 4) is 9.75 Å². The highest BCUT2D eigenvalue weighted by Gasteiger charge is 2.61. The molecule has 14 atom stereocenters. The SMILES string of the molecule is CCCCCCCCC(CCCCC)CCc1c2cc(-c3ccc(C4CC5CC6C(CC5C4=O)C(CC(CC)CCCCCC)C4CC(c5ccc(C)s5)C(=O)C4C6CC(CC)CCCCCC)s3)sc2c(CCC(CCCCC)CCCCCCCC)c2cc(C)sc12. The van der Waals surface area contributed by atoms with Crippen molar-refractivity contribution >= 4 is 77.1 Å². The van der Waals surface area contributed by atoms with Gasteiger partial charge in [0.25, 0.3) is 0 Å². The Hall–Kier alpha value is -2.12. The summed E-state index contributed by atoms with van der Waals surface area (Å²) in [5, 5.41) is 3.15.